The van der Waals surface area contributed by atoms with Crippen LogP contribution in [0.3, 0.4) is 0 Å². The summed E-state index contributed by atoms with van der Waals surface area (Å²) in [6.45, 7) is 2.80. The maximum atomic E-state index is 12.3. The Bertz CT molecular complexity index is 158. The van der Waals surface area contributed by atoms with E-state index in [-0.39, 0.29) is 18.7 Å². The molecule has 2 N–H and O–H groups in total. The molecule has 1 rings (SSSR count). The maximum absolute atomic E-state index is 12.3. The molecule has 58 valence electrons. The quantitative estimate of drug-likeness (QED) is 0.546. The summed E-state index contributed by atoms with van der Waals surface area (Å²) in [7, 11) is 0. The minimum atomic E-state index is -2.68. The van der Waals surface area contributed by atoms with Gasteiger partial charge in [-0.15, -0.1) is 0 Å². The lowest BCUT2D eigenvalue weighted by atomic mass is 10.2. The normalized spacial score (nSPS) is 30.4. The number of hydrogen-bond acceptors (Lipinski definition) is 2. The molecular weight excluding hydrogens is 140 g/mol. The van der Waals surface area contributed by atoms with Crippen molar-refractivity contribution in [3.63, 3.8) is 0 Å². The van der Waals surface area contributed by atoms with E-state index in [2.05, 4.69) is 11.9 Å². The van der Waals surface area contributed by atoms with E-state index in [1.54, 1.807) is 0 Å². The summed E-state index contributed by atoms with van der Waals surface area (Å²) in [5.41, 5.74) is 0. The molecule has 2 nitrogen and oxygen atoms in total. The van der Waals surface area contributed by atoms with Gasteiger partial charge in [-0.3, -0.25) is 0 Å². The predicted octanol–water partition coefficient (Wildman–Crippen LogP) is 1.06. The Labute approximate surface area is 57.5 Å². The second kappa shape index (κ2) is 2.20. The van der Waals surface area contributed by atoms with Crippen LogP contribution in [0.5, 0.6) is 0 Å². The molecule has 10 heavy (non-hydrogen) atoms. The van der Waals surface area contributed by atoms with Crippen LogP contribution in [0.15, 0.2) is 12.3 Å². The molecule has 1 atom stereocenters. The molecular formula is C6H9F2NO. The highest BCUT2D eigenvalue weighted by Gasteiger charge is 2.40. The van der Waals surface area contributed by atoms with Gasteiger partial charge in [0, 0.05) is 6.42 Å². The van der Waals surface area contributed by atoms with E-state index in [0.29, 0.717) is 0 Å². The maximum Gasteiger partial charge on any atom is 0.262 e. The number of aliphatic hydroxyl groups is 1. The summed E-state index contributed by atoms with van der Waals surface area (Å²) in [4.78, 5) is 0. The van der Waals surface area contributed by atoms with E-state index >= 15 is 0 Å². The van der Waals surface area contributed by atoms with Crippen LogP contribution in [-0.2, 0) is 0 Å². The molecule has 0 spiro atoms. The first-order valence-electron chi connectivity index (χ1n) is 3.00. The average molecular weight is 149 g/mol. The third kappa shape index (κ3) is 1.44. The van der Waals surface area contributed by atoms with Gasteiger partial charge in [0.1, 0.15) is 5.76 Å². The summed E-state index contributed by atoms with van der Waals surface area (Å²) >= 11 is 0. The molecule has 0 unspecified atom stereocenters. The Kier molecular flexibility index (Phi) is 1.64. The Morgan fingerprint density at radius 1 is 1.70 bits per heavy atom. The Balaban J connectivity index is 2.51. The second-order valence-electron chi connectivity index (χ2n) is 2.48. The number of nitrogens with one attached hydrogen (secondary N) is 1. The van der Waals surface area contributed by atoms with E-state index in [0.717, 1.165) is 0 Å². The Morgan fingerprint density at radius 3 is 2.50 bits per heavy atom. The lowest BCUT2D eigenvalue weighted by Crippen LogP contribution is -2.23. The molecule has 1 aliphatic heterocycles. The first kappa shape index (κ1) is 7.47. The summed E-state index contributed by atoms with van der Waals surface area (Å²) in [6.07, 6.45) is -0.345. The third-order valence-corrected chi connectivity index (χ3v) is 1.51. The molecule has 1 saturated heterocycles. The molecule has 0 amide bonds. The van der Waals surface area contributed by atoms with Crippen molar-refractivity contribution < 1.29 is 13.9 Å². The van der Waals surface area contributed by atoms with E-state index in [1.165, 1.54) is 0 Å². The highest BCUT2D eigenvalue weighted by Crippen LogP contribution is 2.26. The molecule has 0 aromatic rings. The zero-order chi connectivity index (χ0) is 7.78. The van der Waals surface area contributed by atoms with E-state index in [9.17, 15) is 8.78 Å². The van der Waals surface area contributed by atoms with Crippen LogP contribution < -0.4 is 5.32 Å². The molecule has 1 heterocycles. The van der Waals surface area contributed by atoms with Crippen LogP contribution in [-0.4, -0.2) is 23.6 Å². The number of aliphatic hydroxyl groups excluding tert-OH is 1. The summed E-state index contributed by atoms with van der Waals surface area (Å²) in [5.74, 6) is -2.90. The molecule has 0 aromatic carbocycles. The zero-order valence-corrected chi connectivity index (χ0v) is 5.40. The molecule has 1 fully saturated rings. The van der Waals surface area contributed by atoms with Crippen LogP contribution in [0, 0.1) is 0 Å². The molecule has 0 aliphatic carbocycles. The van der Waals surface area contributed by atoms with Gasteiger partial charge in [0.15, 0.2) is 0 Å². The fourth-order valence-corrected chi connectivity index (χ4v) is 0.951. The lowest BCUT2D eigenvalue weighted by molar-refractivity contribution is 0.0209. The third-order valence-electron chi connectivity index (χ3n) is 1.51. The number of rotatable bonds is 1. The SMILES string of the molecule is C=C(O)[C@@H]1CC(F)(F)CN1. The van der Waals surface area contributed by atoms with Gasteiger partial charge in [0.05, 0.1) is 12.6 Å². The zero-order valence-electron chi connectivity index (χ0n) is 5.40. The number of hydrogen-bond donors (Lipinski definition) is 2. The Hall–Kier alpha value is -0.640. The van der Waals surface area contributed by atoms with Gasteiger partial charge in [-0.1, -0.05) is 6.58 Å². The van der Waals surface area contributed by atoms with Crippen molar-refractivity contribution in [1.29, 1.82) is 0 Å². The van der Waals surface area contributed by atoms with E-state index in [1.807, 2.05) is 0 Å². The van der Waals surface area contributed by atoms with Gasteiger partial charge < -0.3 is 10.4 Å². The van der Waals surface area contributed by atoms with Crippen molar-refractivity contribution in [2.24, 2.45) is 0 Å². The van der Waals surface area contributed by atoms with Crippen LogP contribution in [0.4, 0.5) is 8.78 Å². The molecule has 0 saturated carbocycles. The van der Waals surface area contributed by atoms with E-state index in [4.69, 9.17) is 5.11 Å². The summed E-state index contributed by atoms with van der Waals surface area (Å²) < 4.78 is 24.7. The van der Waals surface area contributed by atoms with Crippen molar-refractivity contribution in [2.45, 2.75) is 18.4 Å². The highest BCUT2D eigenvalue weighted by molar-refractivity contribution is 5.02. The van der Waals surface area contributed by atoms with Gasteiger partial charge in [-0.05, 0) is 0 Å². The first-order valence-corrected chi connectivity index (χ1v) is 3.00. The van der Waals surface area contributed by atoms with Gasteiger partial charge in [-0.25, -0.2) is 8.78 Å². The van der Waals surface area contributed by atoms with Crippen molar-refractivity contribution in [1.82, 2.24) is 5.32 Å². The molecule has 4 heteroatoms. The average Bonchev–Trinajstić information content (AvgIpc) is 2.10. The van der Waals surface area contributed by atoms with Crippen molar-refractivity contribution >= 4 is 0 Å². The first-order chi connectivity index (χ1) is 4.51. The minimum absolute atomic E-state index is 0.211. The second-order valence-corrected chi connectivity index (χ2v) is 2.48. The molecule has 1 aliphatic rings. The van der Waals surface area contributed by atoms with Crippen LogP contribution >= 0.6 is 0 Å². The van der Waals surface area contributed by atoms with Gasteiger partial charge in [-0.2, -0.15) is 0 Å². The van der Waals surface area contributed by atoms with Gasteiger partial charge in [0.25, 0.3) is 5.92 Å². The van der Waals surface area contributed by atoms with Gasteiger partial charge >= 0.3 is 0 Å². The fourth-order valence-electron chi connectivity index (χ4n) is 0.951. The molecule has 0 aromatic heterocycles. The van der Waals surface area contributed by atoms with Crippen molar-refractivity contribution in [3.8, 4) is 0 Å². The predicted molar refractivity (Wildman–Crippen MR) is 33.1 cm³/mol. The number of alkyl halides is 2. The smallest absolute Gasteiger partial charge is 0.262 e. The topological polar surface area (TPSA) is 32.3 Å². The molecule has 0 radical (unpaired) electrons. The highest BCUT2D eigenvalue weighted by atomic mass is 19.3. The monoisotopic (exact) mass is 149 g/mol. The summed E-state index contributed by atoms with van der Waals surface area (Å²) in [5, 5.41) is 11.1. The van der Waals surface area contributed by atoms with Crippen LogP contribution in [0.1, 0.15) is 6.42 Å². The van der Waals surface area contributed by atoms with Crippen molar-refractivity contribution in [2.75, 3.05) is 6.54 Å². The fraction of sp³-hybridized carbons (Fsp3) is 0.667. The van der Waals surface area contributed by atoms with E-state index < -0.39 is 12.0 Å². The minimum Gasteiger partial charge on any atom is -0.511 e. The lowest BCUT2D eigenvalue weighted by Gasteiger charge is -2.06. The van der Waals surface area contributed by atoms with Crippen molar-refractivity contribution in [3.05, 3.63) is 12.3 Å². The van der Waals surface area contributed by atoms with Crippen LogP contribution in [0.25, 0.3) is 0 Å². The summed E-state index contributed by atoms with van der Waals surface area (Å²) in [6, 6.07) is -0.630. The molecule has 0 bridgehead atoms. The standard InChI is InChI=1S/C6H9F2NO/c1-4(10)5-2-6(7,8)3-9-5/h5,9-10H,1-3H2/t5-/m0/s1. The van der Waals surface area contributed by atoms with Crippen LogP contribution in [0.2, 0.25) is 0 Å². The Morgan fingerprint density at radius 2 is 2.30 bits per heavy atom. The largest absolute Gasteiger partial charge is 0.511 e. The number of halogens is 2. The van der Waals surface area contributed by atoms with Gasteiger partial charge in [0.2, 0.25) is 0 Å².